The second-order valence-corrected chi connectivity index (χ2v) is 6.33. The SMILES string of the molecule is Cc1c(Cl)nc(C2CC2)nc1N(C)CC1CC(O)C1. The van der Waals surface area contributed by atoms with Crippen molar-refractivity contribution in [3.63, 3.8) is 0 Å². The monoisotopic (exact) mass is 281 g/mol. The van der Waals surface area contributed by atoms with E-state index in [0.29, 0.717) is 17.0 Å². The number of halogens is 1. The molecule has 0 aromatic carbocycles. The molecule has 104 valence electrons. The van der Waals surface area contributed by atoms with Crippen LogP contribution in [0, 0.1) is 12.8 Å². The van der Waals surface area contributed by atoms with Gasteiger partial charge in [-0.05, 0) is 38.5 Å². The molecule has 19 heavy (non-hydrogen) atoms. The fraction of sp³-hybridized carbons (Fsp3) is 0.714. The zero-order valence-electron chi connectivity index (χ0n) is 11.4. The van der Waals surface area contributed by atoms with Crippen LogP contribution in [0.25, 0.3) is 0 Å². The van der Waals surface area contributed by atoms with Crippen LogP contribution in [-0.2, 0) is 0 Å². The molecule has 2 aliphatic carbocycles. The maximum absolute atomic E-state index is 9.36. The number of anilines is 1. The highest BCUT2D eigenvalue weighted by Gasteiger charge is 2.31. The summed E-state index contributed by atoms with van der Waals surface area (Å²) >= 11 is 6.22. The molecule has 0 amide bonds. The Balaban J connectivity index is 1.77. The first kappa shape index (κ1) is 13.1. The average molecular weight is 282 g/mol. The molecule has 4 nitrogen and oxygen atoms in total. The molecular weight excluding hydrogens is 262 g/mol. The minimum absolute atomic E-state index is 0.101. The highest BCUT2D eigenvalue weighted by atomic mass is 35.5. The molecule has 0 unspecified atom stereocenters. The van der Waals surface area contributed by atoms with Gasteiger partial charge < -0.3 is 10.0 Å². The van der Waals surface area contributed by atoms with Gasteiger partial charge >= 0.3 is 0 Å². The summed E-state index contributed by atoms with van der Waals surface area (Å²) in [6, 6.07) is 0. The summed E-state index contributed by atoms with van der Waals surface area (Å²) in [5.74, 6) is 2.92. The van der Waals surface area contributed by atoms with E-state index in [4.69, 9.17) is 16.6 Å². The van der Waals surface area contributed by atoms with Crippen LogP contribution in [-0.4, -0.2) is 34.8 Å². The normalized spacial score (nSPS) is 26.1. The van der Waals surface area contributed by atoms with Crippen molar-refractivity contribution in [1.82, 2.24) is 9.97 Å². The highest BCUT2D eigenvalue weighted by Crippen LogP contribution is 2.40. The lowest BCUT2D eigenvalue weighted by Gasteiger charge is -2.35. The number of hydrogen-bond donors (Lipinski definition) is 1. The van der Waals surface area contributed by atoms with Crippen molar-refractivity contribution in [3.05, 3.63) is 16.5 Å². The maximum atomic E-state index is 9.36. The second kappa shape index (κ2) is 4.91. The summed E-state index contributed by atoms with van der Waals surface area (Å²) in [5, 5.41) is 9.94. The first-order valence-electron chi connectivity index (χ1n) is 6.98. The van der Waals surface area contributed by atoms with Gasteiger partial charge in [0, 0.05) is 25.1 Å². The number of aromatic nitrogens is 2. The Morgan fingerprint density at radius 3 is 2.58 bits per heavy atom. The van der Waals surface area contributed by atoms with E-state index in [1.807, 2.05) is 14.0 Å². The van der Waals surface area contributed by atoms with Crippen molar-refractivity contribution in [1.29, 1.82) is 0 Å². The summed E-state index contributed by atoms with van der Waals surface area (Å²) < 4.78 is 0. The van der Waals surface area contributed by atoms with E-state index >= 15 is 0 Å². The quantitative estimate of drug-likeness (QED) is 0.862. The van der Waals surface area contributed by atoms with Gasteiger partial charge in [0.25, 0.3) is 0 Å². The van der Waals surface area contributed by atoms with Crippen LogP contribution in [0.1, 0.15) is 43.0 Å². The first-order chi connectivity index (χ1) is 9.04. The molecule has 5 heteroatoms. The van der Waals surface area contributed by atoms with Gasteiger partial charge in [0.2, 0.25) is 0 Å². The smallest absolute Gasteiger partial charge is 0.137 e. The van der Waals surface area contributed by atoms with Crippen molar-refractivity contribution >= 4 is 17.4 Å². The van der Waals surface area contributed by atoms with Crippen molar-refractivity contribution in [2.24, 2.45) is 5.92 Å². The Labute approximate surface area is 118 Å². The molecule has 1 N–H and O–H groups in total. The lowest BCUT2D eigenvalue weighted by molar-refractivity contribution is 0.0464. The Bertz CT molecular complexity index is 484. The standard InChI is InChI=1S/C14H20ClN3O/c1-8-12(15)16-13(10-3-4-10)17-14(8)18(2)7-9-5-11(19)6-9/h9-11,19H,3-7H2,1-2H3. The van der Waals surface area contributed by atoms with Gasteiger partial charge in [-0.15, -0.1) is 0 Å². The maximum Gasteiger partial charge on any atom is 0.137 e. The number of aliphatic hydroxyl groups excluding tert-OH is 1. The zero-order chi connectivity index (χ0) is 13.6. The predicted molar refractivity (Wildman–Crippen MR) is 75.8 cm³/mol. The molecule has 1 aromatic rings. The topological polar surface area (TPSA) is 49.2 Å². The fourth-order valence-electron chi connectivity index (χ4n) is 2.71. The van der Waals surface area contributed by atoms with E-state index in [1.165, 1.54) is 12.8 Å². The van der Waals surface area contributed by atoms with Gasteiger partial charge in [-0.2, -0.15) is 0 Å². The van der Waals surface area contributed by atoms with Gasteiger partial charge in [-0.1, -0.05) is 11.6 Å². The number of aliphatic hydroxyl groups is 1. The van der Waals surface area contributed by atoms with Crippen LogP contribution in [0.3, 0.4) is 0 Å². The lowest BCUT2D eigenvalue weighted by Crippen LogP contribution is -2.37. The molecule has 0 spiro atoms. The van der Waals surface area contributed by atoms with E-state index in [0.717, 1.165) is 36.6 Å². The van der Waals surface area contributed by atoms with Gasteiger partial charge in [-0.3, -0.25) is 0 Å². The van der Waals surface area contributed by atoms with Gasteiger partial charge in [0.05, 0.1) is 6.10 Å². The zero-order valence-corrected chi connectivity index (χ0v) is 12.2. The third-order valence-electron chi connectivity index (χ3n) is 4.12. The van der Waals surface area contributed by atoms with Crippen molar-refractivity contribution in [2.75, 3.05) is 18.5 Å². The third-order valence-corrected chi connectivity index (χ3v) is 4.49. The van der Waals surface area contributed by atoms with Crippen LogP contribution >= 0.6 is 11.6 Å². The molecule has 2 fully saturated rings. The lowest BCUT2D eigenvalue weighted by atomic mass is 9.82. The Kier molecular flexibility index (Phi) is 3.39. The van der Waals surface area contributed by atoms with Gasteiger partial charge in [0.15, 0.2) is 0 Å². The Morgan fingerprint density at radius 1 is 1.32 bits per heavy atom. The van der Waals surface area contributed by atoms with Crippen molar-refractivity contribution in [3.8, 4) is 0 Å². The fourth-order valence-corrected chi connectivity index (χ4v) is 2.88. The molecule has 1 heterocycles. The molecule has 1 aromatic heterocycles. The van der Waals surface area contributed by atoms with E-state index in [2.05, 4.69) is 9.88 Å². The van der Waals surface area contributed by atoms with E-state index in [9.17, 15) is 5.11 Å². The van der Waals surface area contributed by atoms with Crippen molar-refractivity contribution in [2.45, 2.75) is 44.6 Å². The van der Waals surface area contributed by atoms with Crippen LogP contribution in [0.2, 0.25) is 5.15 Å². The molecule has 2 aliphatic rings. The number of rotatable bonds is 4. The molecular formula is C14H20ClN3O. The van der Waals surface area contributed by atoms with Crippen LogP contribution in [0.4, 0.5) is 5.82 Å². The minimum atomic E-state index is -0.101. The molecule has 0 saturated heterocycles. The third kappa shape index (κ3) is 2.70. The molecule has 2 saturated carbocycles. The summed E-state index contributed by atoms with van der Waals surface area (Å²) in [5.41, 5.74) is 0.952. The molecule has 3 rings (SSSR count). The van der Waals surface area contributed by atoms with Crippen LogP contribution in [0.5, 0.6) is 0 Å². The van der Waals surface area contributed by atoms with Gasteiger partial charge in [0.1, 0.15) is 16.8 Å². The largest absolute Gasteiger partial charge is 0.393 e. The average Bonchev–Trinajstić information content (AvgIpc) is 3.14. The Morgan fingerprint density at radius 2 is 2.00 bits per heavy atom. The number of nitrogens with zero attached hydrogens (tertiary/aromatic N) is 3. The predicted octanol–water partition coefficient (Wildman–Crippen LogP) is 2.52. The van der Waals surface area contributed by atoms with Crippen molar-refractivity contribution < 1.29 is 5.11 Å². The summed E-state index contributed by atoms with van der Waals surface area (Å²) in [6.07, 6.45) is 4.06. The first-order valence-corrected chi connectivity index (χ1v) is 7.35. The highest BCUT2D eigenvalue weighted by molar-refractivity contribution is 6.30. The second-order valence-electron chi connectivity index (χ2n) is 5.97. The molecule has 0 radical (unpaired) electrons. The summed E-state index contributed by atoms with van der Waals surface area (Å²) in [6.45, 7) is 2.90. The molecule has 0 atom stereocenters. The Hall–Kier alpha value is -0.870. The summed E-state index contributed by atoms with van der Waals surface area (Å²) in [7, 11) is 2.05. The van der Waals surface area contributed by atoms with Crippen LogP contribution < -0.4 is 4.90 Å². The van der Waals surface area contributed by atoms with Crippen LogP contribution in [0.15, 0.2) is 0 Å². The molecule has 0 bridgehead atoms. The number of hydrogen-bond acceptors (Lipinski definition) is 4. The molecule has 0 aliphatic heterocycles. The minimum Gasteiger partial charge on any atom is -0.393 e. The van der Waals surface area contributed by atoms with Gasteiger partial charge in [-0.25, -0.2) is 9.97 Å². The van der Waals surface area contributed by atoms with E-state index in [1.54, 1.807) is 0 Å². The van der Waals surface area contributed by atoms with E-state index < -0.39 is 0 Å². The summed E-state index contributed by atoms with van der Waals surface area (Å²) in [4.78, 5) is 11.2. The van der Waals surface area contributed by atoms with E-state index in [-0.39, 0.29) is 6.10 Å².